The molecule has 0 N–H and O–H groups in total. The van der Waals surface area contributed by atoms with Crippen molar-refractivity contribution in [3.8, 4) is 6.07 Å². The Hall–Kier alpha value is -1.95. The van der Waals surface area contributed by atoms with Crippen LogP contribution in [0, 0.1) is 11.3 Å². The number of piperazine rings is 1. The fraction of sp³-hybridized carbons (Fsp3) is 0.429. The van der Waals surface area contributed by atoms with Gasteiger partial charge in [-0.3, -0.25) is 4.79 Å². The minimum atomic E-state index is -3.44. The van der Waals surface area contributed by atoms with Gasteiger partial charge in [-0.1, -0.05) is 6.07 Å². The monoisotopic (exact) mass is 322 g/mol. The third kappa shape index (κ3) is 3.27. The maximum Gasteiger partial charge on any atom is 0.281 e. The summed E-state index contributed by atoms with van der Waals surface area (Å²) >= 11 is 0. The number of carbonyl (C=O) groups is 1. The summed E-state index contributed by atoms with van der Waals surface area (Å²) in [6.07, 6.45) is 0. The molecule has 0 radical (unpaired) electrons. The summed E-state index contributed by atoms with van der Waals surface area (Å²) in [5, 5.41) is 8.88. The number of nitrogens with zero attached hydrogens (tertiary/aromatic N) is 4. The smallest absolute Gasteiger partial charge is 0.281 e. The number of nitriles is 1. The molecule has 2 rings (SSSR count). The third-order valence-corrected chi connectivity index (χ3v) is 5.49. The molecule has 1 fully saturated rings. The average molecular weight is 322 g/mol. The Balaban J connectivity index is 2.06. The molecule has 0 bridgehead atoms. The van der Waals surface area contributed by atoms with Gasteiger partial charge < -0.3 is 4.90 Å². The van der Waals surface area contributed by atoms with Crippen LogP contribution in [0.2, 0.25) is 0 Å². The molecule has 8 heteroatoms. The Morgan fingerprint density at radius 2 is 1.86 bits per heavy atom. The van der Waals surface area contributed by atoms with E-state index in [-0.39, 0.29) is 19.0 Å². The standard InChI is InChI=1S/C14H18N4O3S/c1-16(2)22(20,21)18-8-6-17(7-9-18)14(19)13-5-3-4-12(10-13)11-15/h3-5,10H,6-9H2,1-2H3. The molecule has 0 unspecified atom stereocenters. The predicted octanol–water partition coefficient (Wildman–Crippen LogP) is 0.122. The van der Waals surface area contributed by atoms with Crippen LogP contribution in [-0.4, -0.2) is 68.1 Å². The molecule has 0 atom stereocenters. The molecule has 118 valence electrons. The fourth-order valence-corrected chi connectivity index (χ4v) is 3.34. The molecule has 22 heavy (non-hydrogen) atoms. The lowest BCUT2D eigenvalue weighted by atomic mass is 10.1. The first-order valence-electron chi connectivity index (χ1n) is 6.83. The Morgan fingerprint density at radius 1 is 1.23 bits per heavy atom. The molecule has 1 amide bonds. The van der Waals surface area contributed by atoms with Crippen molar-refractivity contribution in [2.75, 3.05) is 40.3 Å². The van der Waals surface area contributed by atoms with Crippen LogP contribution >= 0.6 is 0 Å². The summed E-state index contributed by atoms with van der Waals surface area (Å²) in [6.45, 7) is 1.21. The van der Waals surface area contributed by atoms with Gasteiger partial charge in [0.1, 0.15) is 0 Å². The van der Waals surface area contributed by atoms with E-state index < -0.39 is 10.2 Å². The van der Waals surface area contributed by atoms with Crippen LogP contribution in [0.3, 0.4) is 0 Å². The van der Waals surface area contributed by atoms with Crippen molar-refractivity contribution < 1.29 is 13.2 Å². The van der Waals surface area contributed by atoms with E-state index >= 15 is 0 Å². The first kappa shape index (κ1) is 16.4. The number of hydrogen-bond donors (Lipinski definition) is 0. The van der Waals surface area contributed by atoms with Crippen molar-refractivity contribution in [2.45, 2.75) is 0 Å². The fourth-order valence-electron chi connectivity index (χ4n) is 2.26. The highest BCUT2D eigenvalue weighted by molar-refractivity contribution is 7.86. The molecule has 0 saturated carbocycles. The van der Waals surface area contributed by atoms with Crippen LogP contribution in [0.5, 0.6) is 0 Å². The summed E-state index contributed by atoms with van der Waals surface area (Å²) < 4.78 is 26.6. The predicted molar refractivity (Wildman–Crippen MR) is 81.2 cm³/mol. The van der Waals surface area contributed by atoms with Crippen LogP contribution in [0.15, 0.2) is 24.3 Å². The SMILES string of the molecule is CN(C)S(=O)(=O)N1CCN(C(=O)c2cccc(C#N)c2)CC1. The van der Waals surface area contributed by atoms with Crippen molar-refractivity contribution in [1.82, 2.24) is 13.5 Å². The lowest BCUT2D eigenvalue weighted by molar-refractivity contribution is 0.0695. The van der Waals surface area contributed by atoms with Gasteiger partial charge in [-0.15, -0.1) is 0 Å². The van der Waals surface area contributed by atoms with Crippen LogP contribution in [0.25, 0.3) is 0 Å². The lowest BCUT2D eigenvalue weighted by Gasteiger charge is -2.35. The highest BCUT2D eigenvalue weighted by Crippen LogP contribution is 2.13. The van der Waals surface area contributed by atoms with Crippen molar-refractivity contribution in [3.63, 3.8) is 0 Å². The van der Waals surface area contributed by atoms with E-state index in [2.05, 4.69) is 0 Å². The molecule has 1 saturated heterocycles. The topological polar surface area (TPSA) is 84.7 Å². The van der Waals surface area contributed by atoms with Crippen molar-refractivity contribution in [1.29, 1.82) is 5.26 Å². The number of hydrogen-bond acceptors (Lipinski definition) is 4. The maximum atomic E-state index is 12.4. The number of amides is 1. The molecule has 1 aliphatic heterocycles. The summed E-state index contributed by atoms with van der Waals surface area (Å²) in [5.74, 6) is -0.181. The first-order chi connectivity index (χ1) is 10.4. The van der Waals surface area contributed by atoms with E-state index in [1.165, 1.54) is 22.7 Å². The van der Waals surface area contributed by atoms with Crippen LogP contribution < -0.4 is 0 Å². The van der Waals surface area contributed by atoms with Crippen LogP contribution in [-0.2, 0) is 10.2 Å². The van der Waals surface area contributed by atoms with Crippen LogP contribution in [0.4, 0.5) is 0 Å². The van der Waals surface area contributed by atoms with E-state index in [4.69, 9.17) is 5.26 Å². The van der Waals surface area contributed by atoms with E-state index in [1.807, 2.05) is 6.07 Å². The molecular weight excluding hydrogens is 304 g/mol. The van der Waals surface area contributed by atoms with Gasteiger partial charge in [0.05, 0.1) is 11.6 Å². The van der Waals surface area contributed by atoms with E-state index in [9.17, 15) is 13.2 Å². The van der Waals surface area contributed by atoms with Gasteiger partial charge in [0.25, 0.3) is 16.1 Å². The van der Waals surface area contributed by atoms with Crippen molar-refractivity contribution in [3.05, 3.63) is 35.4 Å². The van der Waals surface area contributed by atoms with Gasteiger partial charge in [-0.05, 0) is 18.2 Å². The van der Waals surface area contributed by atoms with E-state index in [0.717, 1.165) is 0 Å². The van der Waals surface area contributed by atoms with Crippen LogP contribution in [0.1, 0.15) is 15.9 Å². The Morgan fingerprint density at radius 3 is 2.41 bits per heavy atom. The quantitative estimate of drug-likeness (QED) is 0.791. The highest BCUT2D eigenvalue weighted by atomic mass is 32.2. The minimum absolute atomic E-state index is 0.181. The zero-order chi connectivity index (χ0) is 16.3. The summed E-state index contributed by atoms with van der Waals surface area (Å²) in [5.41, 5.74) is 0.877. The number of carbonyl (C=O) groups excluding carboxylic acids is 1. The minimum Gasteiger partial charge on any atom is -0.336 e. The third-order valence-electron chi connectivity index (χ3n) is 3.55. The van der Waals surface area contributed by atoms with Gasteiger partial charge >= 0.3 is 0 Å². The Kier molecular flexibility index (Phi) is 4.81. The van der Waals surface area contributed by atoms with Crippen molar-refractivity contribution >= 4 is 16.1 Å². The van der Waals surface area contributed by atoms with Gasteiger partial charge in [0.15, 0.2) is 0 Å². The molecule has 1 aromatic rings. The average Bonchev–Trinajstić information content (AvgIpc) is 2.54. The molecule has 0 aliphatic carbocycles. The van der Waals surface area contributed by atoms with E-state index in [1.54, 1.807) is 29.2 Å². The Labute approximate surface area is 130 Å². The van der Waals surface area contributed by atoms with Gasteiger partial charge in [0, 0.05) is 45.8 Å². The molecule has 0 aromatic heterocycles. The molecular formula is C14H18N4O3S. The lowest BCUT2D eigenvalue weighted by Crippen LogP contribution is -2.53. The van der Waals surface area contributed by atoms with E-state index in [0.29, 0.717) is 24.2 Å². The Bertz CT molecular complexity index is 701. The largest absolute Gasteiger partial charge is 0.336 e. The number of rotatable bonds is 3. The molecule has 1 aliphatic rings. The number of benzene rings is 1. The van der Waals surface area contributed by atoms with Gasteiger partial charge in [-0.2, -0.15) is 22.3 Å². The zero-order valence-electron chi connectivity index (χ0n) is 12.6. The normalized spacial score (nSPS) is 16.5. The molecule has 1 aromatic carbocycles. The molecule has 1 heterocycles. The molecule has 7 nitrogen and oxygen atoms in total. The highest BCUT2D eigenvalue weighted by Gasteiger charge is 2.30. The second-order valence-corrected chi connectivity index (χ2v) is 7.32. The zero-order valence-corrected chi connectivity index (χ0v) is 13.4. The summed E-state index contributed by atoms with van der Waals surface area (Å²) in [7, 11) is -0.466. The second-order valence-electron chi connectivity index (χ2n) is 5.17. The van der Waals surface area contributed by atoms with Gasteiger partial charge in [-0.25, -0.2) is 0 Å². The first-order valence-corrected chi connectivity index (χ1v) is 8.23. The summed E-state index contributed by atoms with van der Waals surface area (Å²) in [4.78, 5) is 14.0. The maximum absolute atomic E-state index is 12.4. The summed E-state index contributed by atoms with van der Waals surface area (Å²) in [6, 6.07) is 8.51. The van der Waals surface area contributed by atoms with Gasteiger partial charge in [0.2, 0.25) is 0 Å². The molecule has 0 spiro atoms. The second kappa shape index (κ2) is 6.44. The van der Waals surface area contributed by atoms with Crippen molar-refractivity contribution in [2.24, 2.45) is 0 Å².